The van der Waals surface area contributed by atoms with Crippen LogP contribution in [0.15, 0.2) is 49.3 Å². The monoisotopic (exact) mass is 513 g/mol. The van der Waals surface area contributed by atoms with Crippen LogP contribution in [0.25, 0.3) is 0 Å². The molecule has 0 saturated heterocycles. The Morgan fingerprint density at radius 1 is 1.00 bits per heavy atom. The zero-order chi connectivity index (χ0) is 26.1. The average Bonchev–Trinajstić information content (AvgIpc) is 2.87. The lowest BCUT2D eigenvalue weighted by Crippen LogP contribution is -2.29. The molecule has 0 aliphatic carbocycles. The fourth-order valence-electron chi connectivity index (χ4n) is 3.27. The van der Waals surface area contributed by atoms with Gasteiger partial charge in [-0.15, -0.1) is 6.58 Å². The van der Waals surface area contributed by atoms with E-state index < -0.39 is 0 Å². The van der Waals surface area contributed by atoms with Gasteiger partial charge in [0.05, 0.1) is 36.3 Å². The highest BCUT2D eigenvalue weighted by molar-refractivity contribution is 6.32. The number of hydrogen-bond acceptors (Lipinski definition) is 10. The molecule has 0 fully saturated rings. The van der Waals surface area contributed by atoms with E-state index in [1.54, 1.807) is 25.3 Å². The Bertz CT molecular complexity index is 1180. The molecule has 3 aromatic rings. The Morgan fingerprint density at radius 3 is 2.47 bits per heavy atom. The second-order valence-electron chi connectivity index (χ2n) is 8.08. The Balaban J connectivity index is 1.87. The molecule has 1 heterocycles. The molecule has 0 saturated carbocycles. The summed E-state index contributed by atoms with van der Waals surface area (Å²) in [5, 5.41) is 7.09. The summed E-state index contributed by atoms with van der Waals surface area (Å²) < 4.78 is 16.7. The molecule has 0 aliphatic heterocycles. The van der Waals surface area contributed by atoms with Crippen LogP contribution in [0, 0.1) is 0 Å². The van der Waals surface area contributed by atoms with E-state index in [9.17, 15) is 0 Å². The molecule has 10 nitrogen and oxygen atoms in total. The van der Waals surface area contributed by atoms with Gasteiger partial charge in [-0.05, 0) is 32.3 Å². The fraction of sp³-hybridized carbons (Fsp3) is 0.320. The number of nitrogens with one attached hydrogen (secondary N) is 2. The predicted molar refractivity (Wildman–Crippen MR) is 145 cm³/mol. The first-order chi connectivity index (χ1) is 17.3. The van der Waals surface area contributed by atoms with E-state index in [4.69, 9.17) is 25.8 Å². The Kier molecular flexibility index (Phi) is 9.54. The quantitative estimate of drug-likeness (QED) is 0.314. The standard InChI is InChI=1S/C25H32ClN7O3/c1-7-10-27-19-14-20(23(35-6)15-21(19)33(4)12-11-32(2)3)30-24-28-16-29-25(31-24)36-17-8-9-18(26)22(13-17)34-5/h7-9,13-16,27H,1,10-12H2,2-6H3,(H,28,29,30,31). The van der Waals surface area contributed by atoms with Gasteiger partial charge in [-0.25, -0.2) is 4.98 Å². The van der Waals surface area contributed by atoms with Gasteiger partial charge in [0.15, 0.2) is 0 Å². The van der Waals surface area contributed by atoms with Crippen LogP contribution in [0.1, 0.15) is 0 Å². The minimum absolute atomic E-state index is 0.112. The third kappa shape index (κ3) is 7.12. The molecule has 2 aromatic carbocycles. The van der Waals surface area contributed by atoms with Crippen LogP contribution in [-0.4, -0.2) is 74.8 Å². The van der Waals surface area contributed by atoms with Crippen molar-refractivity contribution in [3.8, 4) is 23.3 Å². The molecular formula is C25H32ClN7O3. The largest absolute Gasteiger partial charge is 0.495 e. The summed E-state index contributed by atoms with van der Waals surface area (Å²) in [7, 11) is 9.30. The third-order valence-corrected chi connectivity index (χ3v) is 5.49. The van der Waals surface area contributed by atoms with Crippen LogP contribution < -0.4 is 29.7 Å². The maximum absolute atomic E-state index is 6.09. The van der Waals surface area contributed by atoms with Crippen LogP contribution in [0.5, 0.6) is 23.3 Å². The van der Waals surface area contributed by atoms with Crippen molar-refractivity contribution >= 4 is 34.6 Å². The number of halogens is 1. The van der Waals surface area contributed by atoms with Gasteiger partial charge in [0.2, 0.25) is 5.95 Å². The third-order valence-electron chi connectivity index (χ3n) is 5.18. The van der Waals surface area contributed by atoms with Gasteiger partial charge in [-0.1, -0.05) is 17.7 Å². The van der Waals surface area contributed by atoms with E-state index in [1.165, 1.54) is 13.4 Å². The van der Waals surface area contributed by atoms with E-state index in [1.807, 2.05) is 25.3 Å². The summed E-state index contributed by atoms with van der Waals surface area (Å²) in [6.45, 7) is 6.17. The molecule has 0 aliphatic rings. The number of anilines is 4. The van der Waals surface area contributed by atoms with Crippen LogP contribution in [0.4, 0.5) is 23.0 Å². The normalized spacial score (nSPS) is 10.6. The van der Waals surface area contributed by atoms with Crippen LogP contribution in [-0.2, 0) is 0 Å². The van der Waals surface area contributed by atoms with E-state index in [2.05, 4.69) is 56.1 Å². The van der Waals surface area contributed by atoms with E-state index >= 15 is 0 Å². The van der Waals surface area contributed by atoms with Crippen molar-refractivity contribution in [2.75, 3.05) is 70.5 Å². The van der Waals surface area contributed by atoms with E-state index in [0.717, 1.165) is 24.5 Å². The Labute approximate surface area is 216 Å². The lowest BCUT2D eigenvalue weighted by atomic mass is 10.2. The smallest absolute Gasteiger partial charge is 0.326 e. The van der Waals surface area contributed by atoms with Crippen molar-refractivity contribution in [1.82, 2.24) is 19.9 Å². The van der Waals surface area contributed by atoms with Crippen molar-refractivity contribution in [3.63, 3.8) is 0 Å². The predicted octanol–water partition coefficient (Wildman–Crippen LogP) is 4.67. The number of aromatic nitrogens is 3. The summed E-state index contributed by atoms with van der Waals surface area (Å²) >= 11 is 6.09. The topological polar surface area (TPSA) is 96.9 Å². The first-order valence-electron chi connectivity index (χ1n) is 11.2. The highest BCUT2D eigenvalue weighted by atomic mass is 35.5. The van der Waals surface area contributed by atoms with Crippen molar-refractivity contribution in [3.05, 3.63) is 54.3 Å². The van der Waals surface area contributed by atoms with Gasteiger partial charge in [0, 0.05) is 38.8 Å². The van der Waals surface area contributed by atoms with Crippen molar-refractivity contribution in [2.24, 2.45) is 0 Å². The maximum Gasteiger partial charge on any atom is 0.326 e. The Morgan fingerprint density at radius 2 is 1.78 bits per heavy atom. The van der Waals surface area contributed by atoms with E-state index in [-0.39, 0.29) is 6.01 Å². The molecule has 0 bridgehead atoms. The number of benzene rings is 2. The van der Waals surface area contributed by atoms with Crippen LogP contribution in [0.2, 0.25) is 5.02 Å². The number of methoxy groups -OCH3 is 2. The number of ether oxygens (including phenoxy) is 3. The van der Waals surface area contributed by atoms with Gasteiger partial charge in [-0.3, -0.25) is 0 Å². The molecule has 2 N–H and O–H groups in total. The molecule has 0 atom stereocenters. The SMILES string of the molecule is C=CCNc1cc(Nc2ncnc(Oc3ccc(Cl)c(OC)c3)n2)c(OC)cc1N(C)CCN(C)C. The van der Waals surface area contributed by atoms with Crippen molar-refractivity contribution in [2.45, 2.75) is 0 Å². The van der Waals surface area contributed by atoms with Gasteiger partial charge in [-0.2, -0.15) is 9.97 Å². The molecule has 36 heavy (non-hydrogen) atoms. The molecular weight excluding hydrogens is 482 g/mol. The second-order valence-corrected chi connectivity index (χ2v) is 8.49. The summed E-state index contributed by atoms with van der Waals surface area (Å²) in [5.74, 6) is 1.90. The minimum Gasteiger partial charge on any atom is -0.495 e. The lowest BCUT2D eigenvalue weighted by Gasteiger charge is -2.26. The summed E-state index contributed by atoms with van der Waals surface area (Å²) in [6.07, 6.45) is 3.17. The molecule has 0 spiro atoms. The van der Waals surface area contributed by atoms with Crippen molar-refractivity contribution < 1.29 is 14.2 Å². The molecule has 0 radical (unpaired) electrons. The zero-order valence-electron chi connectivity index (χ0n) is 21.2. The van der Waals surface area contributed by atoms with Crippen LogP contribution in [0.3, 0.4) is 0 Å². The van der Waals surface area contributed by atoms with Gasteiger partial charge in [0.25, 0.3) is 0 Å². The minimum atomic E-state index is 0.112. The van der Waals surface area contributed by atoms with Gasteiger partial charge >= 0.3 is 6.01 Å². The van der Waals surface area contributed by atoms with Gasteiger partial charge in [0.1, 0.15) is 23.6 Å². The zero-order valence-corrected chi connectivity index (χ0v) is 22.0. The lowest BCUT2D eigenvalue weighted by molar-refractivity contribution is 0.404. The molecule has 3 rings (SSSR count). The average molecular weight is 514 g/mol. The van der Waals surface area contributed by atoms with Crippen LogP contribution >= 0.6 is 11.6 Å². The number of nitrogens with zero attached hydrogens (tertiary/aromatic N) is 5. The van der Waals surface area contributed by atoms with Crippen molar-refractivity contribution in [1.29, 1.82) is 0 Å². The highest BCUT2D eigenvalue weighted by Gasteiger charge is 2.16. The number of hydrogen-bond donors (Lipinski definition) is 2. The molecule has 192 valence electrons. The first-order valence-corrected chi connectivity index (χ1v) is 11.6. The second kappa shape index (κ2) is 12.8. The number of rotatable bonds is 13. The fourth-order valence-corrected chi connectivity index (χ4v) is 3.46. The molecule has 0 amide bonds. The summed E-state index contributed by atoms with van der Waals surface area (Å²) in [4.78, 5) is 17.0. The first kappa shape index (κ1) is 26.8. The van der Waals surface area contributed by atoms with E-state index in [0.29, 0.717) is 40.5 Å². The Hall–Kier alpha value is -3.76. The molecule has 0 unspecified atom stereocenters. The molecule has 1 aromatic heterocycles. The summed E-state index contributed by atoms with van der Waals surface area (Å²) in [6, 6.07) is 9.08. The van der Waals surface area contributed by atoms with Gasteiger partial charge < -0.3 is 34.6 Å². The summed E-state index contributed by atoms with van der Waals surface area (Å²) in [5.41, 5.74) is 2.59. The molecule has 11 heteroatoms. The maximum atomic E-state index is 6.09. The highest BCUT2D eigenvalue weighted by Crippen LogP contribution is 2.38. The number of likely N-dealkylation sites (N-methyl/N-ethyl adjacent to an activating group) is 2.